The van der Waals surface area contributed by atoms with Crippen molar-refractivity contribution < 1.29 is 27.8 Å². The Morgan fingerprint density at radius 1 is 1.00 bits per heavy atom. The maximum Gasteiger partial charge on any atom is 0.573 e. The van der Waals surface area contributed by atoms with Crippen molar-refractivity contribution in [1.29, 1.82) is 0 Å². The van der Waals surface area contributed by atoms with Crippen LogP contribution in [-0.4, -0.2) is 55.8 Å². The molecule has 0 aliphatic carbocycles. The third kappa shape index (κ3) is 5.69. The highest BCUT2D eigenvalue weighted by Crippen LogP contribution is 2.25. The second kappa shape index (κ2) is 10.8. The van der Waals surface area contributed by atoms with Crippen LogP contribution >= 0.6 is 0 Å². The van der Waals surface area contributed by atoms with Crippen LogP contribution in [0, 0.1) is 0 Å². The molecule has 0 amide bonds. The zero-order valence-electron chi connectivity index (χ0n) is 21.0. The molecule has 1 aliphatic heterocycles. The molecule has 3 heterocycles. The van der Waals surface area contributed by atoms with E-state index in [0.29, 0.717) is 24.9 Å². The van der Waals surface area contributed by atoms with Gasteiger partial charge in [-0.3, -0.25) is 19.3 Å². The summed E-state index contributed by atoms with van der Waals surface area (Å²) in [6.07, 6.45) is -1.90. The zero-order chi connectivity index (χ0) is 28.4. The molecule has 2 aromatic heterocycles. The second-order valence-corrected chi connectivity index (χ2v) is 9.23. The van der Waals surface area contributed by atoms with Gasteiger partial charge in [0.1, 0.15) is 17.5 Å². The number of anilines is 2. The first kappa shape index (κ1) is 26.9. The number of nitrogens with zero attached hydrogens (tertiary/aromatic N) is 4. The van der Waals surface area contributed by atoms with Gasteiger partial charge in [-0.05, 0) is 61.9 Å². The molecule has 0 bridgehead atoms. The smallest absolute Gasteiger partial charge is 0.480 e. The molecule has 10 nitrogen and oxygen atoms in total. The number of fused-ring (bicyclic) bond motifs is 1. The van der Waals surface area contributed by atoms with Gasteiger partial charge in [-0.1, -0.05) is 18.2 Å². The lowest BCUT2D eigenvalue weighted by Crippen LogP contribution is -2.39. The van der Waals surface area contributed by atoms with E-state index in [0.717, 1.165) is 23.2 Å². The third-order valence-corrected chi connectivity index (χ3v) is 6.67. The fourth-order valence-corrected chi connectivity index (χ4v) is 4.79. The van der Waals surface area contributed by atoms with Gasteiger partial charge in [0.05, 0.1) is 11.1 Å². The van der Waals surface area contributed by atoms with E-state index in [2.05, 4.69) is 15.2 Å². The summed E-state index contributed by atoms with van der Waals surface area (Å²) in [6, 6.07) is 14.0. The summed E-state index contributed by atoms with van der Waals surface area (Å²) >= 11 is 0. The van der Waals surface area contributed by atoms with Crippen LogP contribution in [0.4, 0.5) is 24.7 Å². The van der Waals surface area contributed by atoms with E-state index in [1.54, 1.807) is 42.6 Å². The van der Waals surface area contributed by atoms with Gasteiger partial charge >= 0.3 is 12.3 Å². The topological polar surface area (TPSA) is 119 Å². The maximum absolute atomic E-state index is 13.3. The molecule has 1 atom stereocenters. The Morgan fingerprint density at radius 2 is 1.73 bits per heavy atom. The minimum Gasteiger partial charge on any atom is -0.480 e. The highest BCUT2D eigenvalue weighted by molar-refractivity contribution is 5.92. The van der Waals surface area contributed by atoms with E-state index in [1.807, 2.05) is 4.90 Å². The predicted molar refractivity (Wildman–Crippen MR) is 140 cm³/mol. The average Bonchev–Trinajstić information content (AvgIpc) is 3.39. The van der Waals surface area contributed by atoms with Crippen molar-refractivity contribution in [3.05, 3.63) is 87.6 Å². The number of carbonyl (C=O) groups is 1. The molecular weight excluding hydrogens is 531 g/mol. The van der Waals surface area contributed by atoms with Crippen molar-refractivity contribution in [2.45, 2.75) is 31.8 Å². The number of rotatable bonds is 8. The van der Waals surface area contributed by atoms with E-state index < -0.39 is 29.7 Å². The highest BCUT2D eigenvalue weighted by Gasteiger charge is 2.31. The molecule has 5 rings (SSSR count). The number of pyridine rings is 1. The number of nitrogens with one attached hydrogen (secondary N) is 1. The van der Waals surface area contributed by atoms with Crippen molar-refractivity contribution in [3.8, 4) is 11.4 Å². The normalized spacial score (nSPS) is 15.8. The number of benzene rings is 2. The predicted octanol–water partition coefficient (Wildman–Crippen LogP) is 3.74. The van der Waals surface area contributed by atoms with Gasteiger partial charge in [-0.2, -0.15) is 4.68 Å². The number of aliphatic carboxylic acids is 1. The van der Waals surface area contributed by atoms with Crippen molar-refractivity contribution in [3.63, 3.8) is 0 Å². The number of likely N-dealkylation sites (tertiary alicyclic amines) is 1. The van der Waals surface area contributed by atoms with Crippen LogP contribution in [0.5, 0.6) is 5.75 Å². The van der Waals surface area contributed by atoms with Gasteiger partial charge in [0, 0.05) is 24.7 Å². The van der Waals surface area contributed by atoms with Crippen molar-refractivity contribution >= 4 is 28.2 Å². The summed E-state index contributed by atoms with van der Waals surface area (Å²) in [7, 11) is 0. The van der Waals surface area contributed by atoms with Crippen LogP contribution < -0.4 is 21.2 Å². The average molecular weight is 556 g/mol. The lowest BCUT2D eigenvalue weighted by molar-refractivity contribution is -0.274. The zero-order valence-corrected chi connectivity index (χ0v) is 21.0. The molecule has 2 N–H and O–H groups in total. The number of carboxylic acids is 1. The van der Waals surface area contributed by atoms with Crippen LogP contribution in [0.1, 0.15) is 12.8 Å². The number of alkyl halides is 3. The van der Waals surface area contributed by atoms with E-state index in [1.165, 1.54) is 16.7 Å². The summed E-state index contributed by atoms with van der Waals surface area (Å²) in [4.78, 5) is 39.8. The highest BCUT2D eigenvalue weighted by atomic mass is 19.4. The summed E-state index contributed by atoms with van der Waals surface area (Å²) in [5.74, 6) is -1.14. The van der Waals surface area contributed by atoms with E-state index in [-0.39, 0.29) is 34.7 Å². The molecule has 1 fully saturated rings. The molecule has 13 heteroatoms. The molecule has 0 radical (unpaired) electrons. The third-order valence-electron chi connectivity index (χ3n) is 6.67. The van der Waals surface area contributed by atoms with Crippen LogP contribution in [0.2, 0.25) is 0 Å². The molecule has 208 valence electrons. The molecule has 1 aliphatic rings. The van der Waals surface area contributed by atoms with E-state index in [4.69, 9.17) is 0 Å². The first-order valence-electron chi connectivity index (χ1n) is 12.4. The molecule has 2 aromatic carbocycles. The molecule has 0 unspecified atom stereocenters. The Labute approximate surface area is 224 Å². The Hall–Kier alpha value is -4.65. The quantitative estimate of drug-likeness (QED) is 0.338. The number of halogens is 3. The minimum atomic E-state index is -4.86. The van der Waals surface area contributed by atoms with Crippen LogP contribution in [0.25, 0.3) is 16.5 Å². The summed E-state index contributed by atoms with van der Waals surface area (Å²) < 4.78 is 44.0. The second-order valence-electron chi connectivity index (χ2n) is 9.23. The fraction of sp³-hybridized carbons (Fsp3) is 0.259. The molecule has 40 heavy (non-hydrogen) atoms. The van der Waals surface area contributed by atoms with Crippen LogP contribution in [-0.2, 0) is 11.3 Å². The van der Waals surface area contributed by atoms with E-state index in [9.17, 15) is 32.7 Å². The number of carboxylic acid groups (broad SMARTS) is 1. The Morgan fingerprint density at radius 3 is 2.42 bits per heavy atom. The maximum atomic E-state index is 13.3. The van der Waals surface area contributed by atoms with Gasteiger partial charge in [0.2, 0.25) is 0 Å². The Kier molecular flexibility index (Phi) is 7.30. The lowest BCUT2D eigenvalue weighted by Gasteiger charge is -2.21. The SMILES string of the molecule is O=C(O)[C@@H]1CCCN1CCn1cccc(Nc2nn(-c3ccc(OC(F)(F)F)cc3)c(=O)c3ccccc23)c1=O. The van der Waals surface area contributed by atoms with Crippen molar-refractivity contribution in [2.24, 2.45) is 0 Å². The van der Waals surface area contributed by atoms with Gasteiger partial charge in [0.25, 0.3) is 11.1 Å². The Bertz CT molecular complexity index is 1670. The summed E-state index contributed by atoms with van der Waals surface area (Å²) in [5, 5.41) is 17.5. The van der Waals surface area contributed by atoms with Gasteiger partial charge in [0.15, 0.2) is 5.82 Å². The molecule has 4 aromatic rings. The summed E-state index contributed by atoms with van der Waals surface area (Å²) in [5.41, 5.74) is -0.506. The summed E-state index contributed by atoms with van der Waals surface area (Å²) in [6.45, 7) is 1.31. The van der Waals surface area contributed by atoms with Gasteiger partial charge in [-0.15, -0.1) is 18.3 Å². The van der Waals surface area contributed by atoms with Gasteiger partial charge < -0.3 is 19.7 Å². The molecule has 0 saturated carbocycles. The molecular formula is C27H24F3N5O5. The van der Waals surface area contributed by atoms with Crippen LogP contribution in [0.3, 0.4) is 0 Å². The van der Waals surface area contributed by atoms with E-state index >= 15 is 0 Å². The molecule has 1 saturated heterocycles. The fourth-order valence-electron chi connectivity index (χ4n) is 4.79. The number of aromatic nitrogens is 3. The first-order valence-corrected chi connectivity index (χ1v) is 12.4. The van der Waals surface area contributed by atoms with Crippen LogP contribution in [0.15, 0.2) is 76.4 Å². The Balaban J connectivity index is 1.46. The van der Waals surface area contributed by atoms with Crippen molar-refractivity contribution in [2.75, 3.05) is 18.4 Å². The number of hydrogen-bond acceptors (Lipinski definition) is 7. The number of hydrogen-bond donors (Lipinski definition) is 2. The van der Waals surface area contributed by atoms with Crippen molar-refractivity contribution in [1.82, 2.24) is 19.2 Å². The standard InChI is InChI=1S/C27H24F3N5O5/c28-27(29,30)40-18-11-9-17(10-12-18)35-24(36)20-6-2-1-5-19(20)23(32-35)31-21-7-3-14-34(25(21)37)16-15-33-13-4-8-22(33)26(38)39/h1-3,5-7,9-12,14,22H,4,8,13,15-16H2,(H,31,32)(H,38,39)/t22-/m0/s1. The molecule has 0 spiro atoms. The number of ether oxygens (including phenoxy) is 1. The first-order chi connectivity index (χ1) is 19.1. The van der Waals surface area contributed by atoms with Gasteiger partial charge in [-0.25, -0.2) is 0 Å². The minimum absolute atomic E-state index is 0.176. The largest absolute Gasteiger partial charge is 0.573 e. The monoisotopic (exact) mass is 555 g/mol. The lowest BCUT2D eigenvalue weighted by atomic mass is 10.2.